The molecule has 0 aliphatic carbocycles. The molecule has 0 radical (unpaired) electrons. The lowest BCUT2D eigenvalue weighted by molar-refractivity contribution is -0.140. The summed E-state index contributed by atoms with van der Waals surface area (Å²) in [6.07, 6.45) is 0. The van der Waals surface area contributed by atoms with Gasteiger partial charge in [-0.25, -0.2) is 0 Å². The second-order valence-electron chi connectivity index (χ2n) is 5.85. The van der Waals surface area contributed by atoms with Crippen molar-refractivity contribution in [3.8, 4) is 11.5 Å². The van der Waals surface area contributed by atoms with Gasteiger partial charge in [0.1, 0.15) is 5.92 Å². The molecule has 0 spiro atoms. The van der Waals surface area contributed by atoms with Crippen molar-refractivity contribution in [1.29, 1.82) is 0 Å². The van der Waals surface area contributed by atoms with Gasteiger partial charge in [-0.05, 0) is 17.7 Å². The fraction of sp³-hybridized carbons (Fsp3) is 0.263. The van der Waals surface area contributed by atoms with E-state index in [-0.39, 0.29) is 5.91 Å². The summed E-state index contributed by atoms with van der Waals surface area (Å²) < 4.78 is 10.8. The number of benzene rings is 2. The van der Waals surface area contributed by atoms with Gasteiger partial charge in [0.2, 0.25) is 0 Å². The third-order valence-corrected chi connectivity index (χ3v) is 4.60. The van der Waals surface area contributed by atoms with E-state index in [1.54, 1.807) is 49.5 Å². The topological polar surface area (TPSA) is 76.1 Å². The number of carbonyl (C=O) groups is 2. The van der Waals surface area contributed by atoms with Gasteiger partial charge in [0, 0.05) is 18.2 Å². The van der Waals surface area contributed by atoms with Crippen LogP contribution in [0.5, 0.6) is 11.5 Å². The molecule has 25 heavy (non-hydrogen) atoms. The number of nitrogens with zero attached hydrogens (tertiary/aromatic N) is 1. The van der Waals surface area contributed by atoms with Gasteiger partial charge in [-0.15, -0.1) is 0 Å². The van der Waals surface area contributed by atoms with E-state index in [0.717, 1.165) is 0 Å². The standard InChI is InChI=1S/C19H19NO5/c1-20-16(13-9-6-10-14(24-2)17(13)25-3)15(19(22)23)11-7-4-5-8-12(11)18(20)21/h4-10,15-16H,1-3H3,(H,22,23)/t15-,16-/m1/s1. The van der Waals surface area contributed by atoms with Crippen LogP contribution >= 0.6 is 0 Å². The first-order valence-electron chi connectivity index (χ1n) is 7.81. The van der Waals surface area contributed by atoms with Gasteiger partial charge in [0.25, 0.3) is 5.91 Å². The molecular weight excluding hydrogens is 322 g/mol. The lowest BCUT2D eigenvalue weighted by atomic mass is 9.79. The van der Waals surface area contributed by atoms with Crippen molar-refractivity contribution in [3.05, 3.63) is 59.2 Å². The van der Waals surface area contributed by atoms with Crippen molar-refractivity contribution in [2.75, 3.05) is 21.3 Å². The van der Waals surface area contributed by atoms with Crippen LogP contribution in [0.1, 0.15) is 33.4 Å². The summed E-state index contributed by atoms with van der Waals surface area (Å²) in [6.45, 7) is 0. The molecule has 0 saturated heterocycles. The van der Waals surface area contributed by atoms with Gasteiger partial charge in [-0.2, -0.15) is 0 Å². The number of ether oxygens (including phenoxy) is 2. The largest absolute Gasteiger partial charge is 0.493 e. The van der Waals surface area contributed by atoms with Crippen molar-refractivity contribution in [3.63, 3.8) is 0 Å². The van der Waals surface area contributed by atoms with Crippen LogP contribution in [-0.2, 0) is 4.79 Å². The molecule has 130 valence electrons. The predicted octanol–water partition coefficient (Wildman–Crippen LogP) is 2.70. The summed E-state index contributed by atoms with van der Waals surface area (Å²) in [5, 5.41) is 9.90. The number of fused-ring (bicyclic) bond motifs is 1. The Morgan fingerprint density at radius 2 is 1.72 bits per heavy atom. The summed E-state index contributed by atoms with van der Waals surface area (Å²) in [4.78, 5) is 26.3. The Morgan fingerprint density at radius 1 is 1.04 bits per heavy atom. The SMILES string of the molecule is COc1cccc([C@@H]2[C@H](C(=O)O)c3ccccc3C(=O)N2C)c1OC. The van der Waals surface area contributed by atoms with Crippen LogP contribution in [0.15, 0.2) is 42.5 Å². The minimum absolute atomic E-state index is 0.219. The number of hydrogen-bond donors (Lipinski definition) is 1. The molecule has 0 fully saturated rings. The highest BCUT2D eigenvalue weighted by Gasteiger charge is 2.44. The van der Waals surface area contributed by atoms with Gasteiger partial charge >= 0.3 is 5.97 Å². The van der Waals surface area contributed by atoms with E-state index in [9.17, 15) is 14.7 Å². The Labute approximate surface area is 145 Å². The first kappa shape index (κ1) is 16.8. The third-order valence-electron chi connectivity index (χ3n) is 4.60. The number of carbonyl (C=O) groups excluding carboxylic acids is 1. The smallest absolute Gasteiger partial charge is 0.313 e. The zero-order valence-corrected chi connectivity index (χ0v) is 14.2. The normalized spacial score (nSPS) is 19.3. The molecule has 0 aromatic heterocycles. The van der Waals surface area contributed by atoms with Crippen LogP contribution < -0.4 is 9.47 Å². The van der Waals surface area contributed by atoms with Crippen LogP contribution in [0, 0.1) is 0 Å². The minimum atomic E-state index is -0.998. The molecule has 1 amide bonds. The number of amides is 1. The summed E-state index contributed by atoms with van der Waals surface area (Å²) >= 11 is 0. The lowest BCUT2D eigenvalue weighted by Crippen LogP contribution is -2.42. The fourth-order valence-corrected chi connectivity index (χ4v) is 3.47. The molecule has 1 aliphatic rings. The number of carboxylic acids is 1. The van der Waals surface area contributed by atoms with E-state index in [1.807, 2.05) is 0 Å². The van der Waals surface area contributed by atoms with Gasteiger partial charge in [0.15, 0.2) is 11.5 Å². The average Bonchev–Trinajstić information content (AvgIpc) is 2.63. The van der Waals surface area contributed by atoms with Gasteiger partial charge in [-0.1, -0.05) is 30.3 Å². The van der Waals surface area contributed by atoms with Crippen molar-refractivity contribution in [2.24, 2.45) is 0 Å². The average molecular weight is 341 g/mol. The second kappa shape index (κ2) is 6.47. The number of likely N-dealkylation sites (N-methyl/N-ethyl adjacent to an activating group) is 1. The predicted molar refractivity (Wildman–Crippen MR) is 91.2 cm³/mol. The Bertz CT molecular complexity index is 832. The maximum atomic E-state index is 12.8. The third kappa shape index (κ3) is 2.59. The number of para-hydroxylation sites is 1. The number of methoxy groups -OCH3 is 2. The molecule has 2 aromatic carbocycles. The van der Waals surface area contributed by atoms with Crippen molar-refractivity contribution >= 4 is 11.9 Å². The summed E-state index contributed by atoms with van der Waals surface area (Å²) in [5.41, 5.74) is 1.52. The number of hydrogen-bond acceptors (Lipinski definition) is 4. The molecule has 6 heteroatoms. The molecule has 1 heterocycles. The Kier molecular flexibility index (Phi) is 4.35. The molecule has 0 saturated carbocycles. The summed E-state index contributed by atoms with van der Waals surface area (Å²) in [7, 11) is 4.62. The van der Waals surface area contributed by atoms with Crippen LogP contribution in [0.4, 0.5) is 0 Å². The molecule has 1 aliphatic heterocycles. The van der Waals surface area contributed by atoms with Crippen LogP contribution in [0.2, 0.25) is 0 Å². The highest BCUT2D eigenvalue weighted by atomic mass is 16.5. The van der Waals surface area contributed by atoms with E-state index < -0.39 is 17.9 Å². The number of aliphatic carboxylic acids is 1. The zero-order valence-electron chi connectivity index (χ0n) is 14.2. The lowest BCUT2D eigenvalue weighted by Gasteiger charge is -2.39. The van der Waals surface area contributed by atoms with E-state index in [4.69, 9.17) is 9.47 Å². The summed E-state index contributed by atoms with van der Waals surface area (Å²) in [6, 6.07) is 11.4. The fourth-order valence-electron chi connectivity index (χ4n) is 3.47. The molecule has 2 atom stereocenters. The van der Waals surface area contributed by atoms with E-state index in [1.165, 1.54) is 19.1 Å². The van der Waals surface area contributed by atoms with Crippen LogP contribution in [-0.4, -0.2) is 43.2 Å². The quantitative estimate of drug-likeness (QED) is 0.925. The van der Waals surface area contributed by atoms with E-state index in [2.05, 4.69) is 0 Å². The zero-order chi connectivity index (χ0) is 18.1. The van der Waals surface area contributed by atoms with Crippen molar-refractivity contribution in [2.45, 2.75) is 12.0 Å². The summed E-state index contributed by atoms with van der Waals surface area (Å²) in [5.74, 6) is -1.20. The van der Waals surface area contributed by atoms with Crippen molar-refractivity contribution < 1.29 is 24.2 Å². The highest BCUT2D eigenvalue weighted by molar-refractivity contribution is 6.00. The molecular formula is C19H19NO5. The van der Waals surface area contributed by atoms with Gasteiger partial charge in [0.05, 0.1) is 20.3 Å². The highest BCUT2D eigenvalue weighted by Crippen LogP contribution is 2.46. The van der Waals surface area contributed by atoms with Crippen LogP contribution in [0.25, 0.3) is 0 Å². The van der Waals surface area contributed by atoms with Gasteiger partial charge in [-0.3, -0.25) is 9.59 Å². The first-order chi connectivity index (χ1) is 12.0. The monoisotopic (exact) mass is 341 g/mol. The Morgan fingerprint density at radius 3 is 2.36 bits per heavy atom. The van der Waals surface area contributed by atoms with Gasteiger partial charge < -0.3 is 19.5 Å². The molecule has 0 unspecified atom stereocenters. The molecule has 3 rings (SSSR count). The second-order valence-corrected chi connectivity index (χ2v) is 5.85. The maximum Gasteiger partial charge on any atom is 0.313 e. The minimum Gasteiger partial charge on any atom is -0.493 e. The van der Waals surface area contributed by atoms with E-state index in [0.29, 0.717) is 28.2 Å². The molecule has 6 nitrogen and oxygen atoms in total. The number of carboxylic acid groups (broad SMARTS) is 1. The van der Waals surface area contributed by atoms with Crippen LogP contribution in [0.3, 0.4) is 0 Å². The Hall–Kier alpha value is -3.02. The number of rotatable bonds is 4. The van der Waals surface area contributed by atoms with E-state index >= 15 is 0 Å². The molecule has 0 bridgehead atoms. The Balaban J connectivity index is 2.25. The van der Waals surface area contributed by atoms with Crippen molar-refractivity contribution in [1.82, 2.24) is 4.90 Å². The molecule has 1 N–H and O–H groups in total. The molecule has 2 aromatic rings. The maximum absolute atomic E-state index is 12.8. The first-order valence-corrected chi connectivity index (χ1v) is 7.81.